The number of carbonyl (C=O) groups excluding carboxylic acids is 1. The van der Waals surface area contributed by atoms with E-state index in [0.29, 0.717) is 11.9 Å². The monoisotopic (exact) mass is 348 g/mol. The van der Waals surface area contributed by atoms with E-state index in [2.05, 4.69) is 0 Å². The van der Waals surface area contributed by atoms with Crippen molar-refractivity contribution >= 4 is 16.7 Å². The Kier molecular flexibility index (Phi) is 4.21. The van der Waals surface area contributed by atoms with Crippen molar-refractivity contribution in [2.75, 3.05) is 13.7 Å². The number of ether oxygens (including phenoxy) is 1. The van der Waals surface area contributed by atoms with Crippen LogP contribution in [0.3, 0.4) is 0 Å². The molecule has 2 heterocycles. The Balaban J connectivity index is 1.55. The van der Waals surface area contributed by atoms with Crippen molar-refractivity contribution in [1.29, 1.82) is 0 Å². The number of rotatable bonds is 4. The van der Waals surface area contributed by atoms with Gasteiger partial charge in [-0.15, -0.1) is 0 Å². The number of benzene rings is 2. The summed E-state index contributed by atoms with van der Waals surface area (Å²) in [5.41, 5.74) is 0.935. The summed E-state index contributed by atoms with van der Waals surface area (Å²) in [6.45, 7) is 0.771. The minimum Gasteiger partial charge on any atom is -0.497 e. The molecule has 0 N–H and O–H groups in total. The van der Waals surface area contributed by atoms with Crippen LogP contribution in [-0.4, -0.2) is 29.0 Å². The van der Waals surface area contributed by atoms with Gasteiger partial charge in [0.1, 0.15) is 12.3 Å². The lowest BCUT2D eigenvalue weighted by Crippen LogP contribution is -2.47. The van der Waals surface area contributed by atoms with Crippen LogP contribution in [0.15, 0.2) is 65.6 Å². The molecule has 1 saturated heterocycles. The Morgan fingerprint density at radius 1 is 1.15 bits per heavy atom. The van der Waals surface area contributed by atoms with Crippen molar-refractivity contribution in [1.82, 2.24) is 9.47 Å². The van der Waals surface area contributed by atoms with E-state index >= 15 is 0 Å². The highest BCUT2D eigenvalue weighted by Crippen LogP contribution is 2.34. The fourth-order valence-corrected chi connectivity index (χ4v) is 3.47. The maximum absolute atomic E-state index is 12.8. The van der Waals surface area contributed by atoms with Gasteiger partial charge < -0.3 is 14.2 Å². The van der Waals surface area contributed by atoms with E-state index in [1.54, 1.807) is 19.4 Å². The Bertz CT molecular complexity index is 1020. The van der Waals surface area contributed by atoms with Crippen LogP contribution in [0.2, 0.25) is 0 Å². The number of carbonyl (C=O) groups is 1. The maximum atomic E-state index is 12.8. The molecule has 3 aromatic rings. The summed E-state index contributed by atoms with van der Waals surface area (Å²) in [4.78, 5) is 27.2. The van der Waals surface area contributed by atoms with Crippen molar-refractivity contribution in [3.63, 3.8) is 0 Å². The first-order chi connectivity index (χ1) is 12.7. The lowest BCUT2D eigenvalue weighted by atomic mass is 9.94. The summed E-state index contributed by atoms with van der Waals surface area (Å²) in [5.74, 6) is 0.744. The highest BCUT2D eigenvalue weighted by molar-refractivity contribution is 5.82. The first-order valence-electron chi connectivity index (χ1n) is 8.69. The van der Waals surface area contributed by atoms with Gasteiger partial charge in [-0.2, -0.15) is 0 Å². The van der Waals surface area contributed by atoms with E-state index in [9.17, 15) is 9.59 Å². The number of hydrogen-bond acceptors (Lipinski definition) is 3. The summed E-state index contributed by atoms with van der Waals surface area (Å²) in [5, 5.41) is 1.52. The number of methoxy groups -OCH3 is 1. The molecule has 1 atom stereocenters. The largest absolute Gasteiger partial charge is 0.497 e. The summed E-state index contributed by atoms with van der Waals surface area (Å²) < 4.78 is 6.76. The van der Waals surface area contributed by atoms with Gasteiger partial charge in [0.05, 0.1) is 13.2 Å². The van der Waals surface area contributed by atoms with E-state index in [1.165, 1.54) is 4.57 Å². The Morgan fingerprint density at radius 2 is 2.00 bits per heavy atom. The highest BCUT2D eigenvalue weighted by atomic mass is 16.5. The van der Waals surface area contributed by atoms with Gasteiger partial charge in [0.15, 0.2) is 0 Å². The van der Waals surface area contributed by atoms with Crippen molar-refractivity contribution < 1.29 is 9.53 Å². The molecular formula is C21H20N2O3. The van der Waals surface area contributed by atoms with Crippen LogP contribution in [0.5, 0.6) is 5.75 Å². The molecule has 0 radical (unpaired) electrons. The van der Waals surface area contributed by atoms with Crippen LogP contribution >= 0.6 is 0 Å². The molecule has 26 heavy (non-hydrogen) atoms. The molecule has 0 bridgehead atoms. The Labute approximate surface area is 151 Å². The predicted molar refractivity (Wildman–Crippen MR) is 100 cm³/mol. The van der Waals surface area contributed by atoms with Crippen molar-refractivity contribution in [2.24, 2.45) is 0 Å². The molecule has 4 rings (SSSR count). The second kappa shape index (κ2) is 6.67. The predicted octanol–water partition coefficient (Wildman–Crippen LogP) is 2.98. The van der Waals surface area contributed by atoms with Crippen molar-refractivity contribution in [3.8, 4) is 5.75 Å². The zero-order valence-corrected chi connectivity index (χ0v) is 14.6. The van der Waals surface area contributed by atoms with Gasteiger partial charge in [0.2, 0.25) is 5.91 Å². The number of likely N-dealkylation sites (tertiary alicyclic amines) is 1. The fraction of sp³-hybridized carbons (Fsp3) is 0.238. The van der Waals surface area contributed by atoms with Crippen LogP contribution < -0.4 is 10.3 Å². The average molecular weight is 348 g/mol. The van der Waals surface area contributed by atoms with E-state index in [4.69, 9.17) is 4.74 Å². The molecule has 1 aliphatic rings. The van der Waals surface area contributed by atoms with Crippen LogP contribution in [0.1, 0.15) is 18.0 Å². The van der Waals surface area contributed by atoms with Crippen LogP contribution in [0, 0.1) is 0 Å². The van der Waals surface area contributed by atoms with Crippen LogP contribution in [-0.2, 0) is 11.3 Å². The Hall–Kier alpha value is -3.08. The summed E-state index contributed by atoms with van der Waals surface area (Å²) in [6.07, 6.45) is 2.62. The summed E-state index contributed by atoms with van der Waals surface area (Å²) >= 11 is 0. The second-order valence-corrected chi connectivity index (χ2v) is 6.50. The molecule has 1 aliphatic heterocycles. The lowest BCUT2D eigenvalue weighted by molar-refractivity contribution is -0.139. The third-order valence-electron chi connectivity index (χ3n) is 5.01. The first-order valence-corrected chi connectivity index (χ1v) is 8.69. The zero-order valence-electron chi connectivity index (χ0n) is 14.6. The average Bonchev–Trinajstić information content (AvgIpc) is 2.63. The Morgan fingerprint density at radius 3 is 2.77 bits per heavy atom. The van der Waals surface area contributed by atoms with Gasteiger partial charge in [-0.3, -0.25) is 9.59 Å². The van der Waals surface area contributed by atoms with Gasteiger partial charge >= 0.3 is 0 Å². The third-order valence-corrected chi connectivity index (χ3v) is 5.01. The van der Waals surface area contributed by atoms with Crippen molar-refractivity contribution in [3.05, 3.63) is 76.7 Å². The SMILES string of the molecule is COc1cccc([C@H]2CCN2C(=O)Cn2ccc3ccccc3c2=O)c1. The number of amides is 1. The second-order valence-electron chi connectivity index (χ2n) is 6.50. The summed E-state index contributed by atoms with van der Waals surface area (Å²) in [6, 6.07) is 17.2. The van der Waals surface area contributed by atoms with E-state index in [-0.39, 0.29) is 24.1 Å². The normalized spacial score (nSPS) is 16.3. The topological polar surface area (TPSA) is 51.5 Å². The number of aromatic nitrogens is 1. The minimum absolute atomic E-state index is 0.0403. The number of fused-ring (bicyclic) bond motifs is 1. The molecule has 0 saturated carbocycles. The maximum Gasteiger partial charge on any atom is 0.258 e. The number of nitrogens with zero attached hydrogens (tertiary/aromatic N) is 2. The zero-order chi connectivity index (χ0) is 18.1. The van der Waals surface area contributed by atoms with Gasteiger partial charge in [0, 0.05) is 18.1 Å². The molecule has 2 aromatic carbocycles. The third kappa shape index (κ3) is 2.86. The standard InChI is InChI=1S/C21H20N2O3/c1-26-17-7-4-6-16(13-17)19-10-12-23(19)20(24)14-22-11-9-15-5-2-3-8-18(15)21(22)25/h2-9,11,13,19H,10,12,14H2,1H3/t19-/m1/s1. The molecule has 1 aromatic heterocycles. The summed E-state index contributed by atoms with van der Waals surface area (Å²) in [7, 11) is 1.63. The molecule has 132 valence electrons. The molecule has 0 aliphatic carbocycles. The van der Waals surface area contributed by atoms with Gasteiger partial charge in [-0.25, -0.2) is 0 Å². The van der Waals surface area contributed by atoms with E-state index in [1.807, 2.05) is 53.4 Å². The molecule has 0 spiro atoms. The van der Waals surface area contributed by atoms with Gasteiger partial charge in [0.25, 0.3) is 5.56 Å². The minimum atomic E-state index is -0.130. The van der Waals surface area contributed by atoms with Crippen LogP contribution in [0.4, 0.5) is 0 Å². The molecular weight excluding hydrogens is 328 g/mol. The molecule has 5 heteroatoms. The highest BCUT2D eigenvalue weighted by Gasteiger charge is 2.33. The molecule has 0 unspecified atom stereocenters. The van der Waals surface area contributed by atoms with E-state index in [0.717, 1.165) is 23.1 Å². The first kappa shape index (κ1) is 16.4. The molecule has 5 nitrogen and oxygen atoms in total. The van der Waals surface area contributed by atoms with Gasteiger partial charge in [-0.05, 0) is 41.6 Å². The number of hydrogen-bond donors (Lipinski definition) is 0. The van der Waals surface area contributed by atoms with Crippen LogP contribution in [0.25, 0.3) is 10.8 Å². The van der Waals surface area contributed by atoms with Gasteiger partial charge in [-0.1, -0.05) is 30.3 Å². The quantitative estimate of drug-likeness (QED) is 0.728. The van der Waals surface area contributed by atoms with E-state index < -0.39 is 0 Å². The smallest absolute Gasteiger partial charge is 0.258 e. The fourth-order valence-electron chi connectivity index (χ4n) is 3.47. The molecule has 1 amide bonds. The molecule has 1 fully saturated rings. The van der Waals surface area contributed by atoms with Crippen molar-refractivity contribution in [2.45, 2.75) is 19.0 Å². The number of pyridine rings is 1. The lowest BCUT2D eigenvalue weighted by Gasteiger charge is -2.41.